The summed E-state index contributed by atoms with van der Waals surface area (Å²) in [4.78, 5) is 9.61. The van der Waals surface area contributed by atoms with Gasteiger partial charge in [-0.25, -0.2) is 9.97 Å². The van der Waals surface area contributed by atoms with Gasteiger partial charge in [0, 0.05) is 27.9 Å². The molecule has 1 aromatic carbocycles. The molecule has 0 aliphatic carbocycles. The molecule has 2 N–H and O–H groups in total. The molecule has 100 valence electrons. The van der Waals surface area contributed by atoms with E-state index in [-0.39, 0.29) is 6.04 Å². The standard InChI is InChI=1S/C14H16ClN3S/c1-9(16)7-11-3-4-12(8-13(11)15)19-14-17-6-5-10(2)18-14/h3-6,8-9H,7,16H2,1-2H3. The number of hydrogen-bond donors (Lipinski definition) is 1. The van der Waals surface area contributed by atoms with Crippen LogP contribution in [0.3, 0.4) is 0 Å². The molecule has 0 saturated carbocycles. The highest BCUT2D eigenvalue weighted by Gasteiger charge is 2.06. The summed E-state index contributed by atoms with van der Waals surface area (Å²) in [6, 6.07) is 7.97. The zero-order chi connectivity index (χ0) is 13.8. The molecule has 1 aromatic heterocycles. The molecule has 1 unspecified atom stereocenters. The van der Waals surface area contributed by atoms with Crippen LogP contribution in [0.1, 0.15) is 18.2 Å². The molecule has 3 nitrogen and oxygen atoms in total. The summed E-state index contributed by atoms with van der Waals surface area (Å²) >= 11 is 7.77. The SMILES string of the molecule is Cc1ccnc(Sc2ccc(CC(C)N)c(Cl)c2)n1. The zero-order valence-electron chi connectivity index (χ0n) is 10.9. The van der Waals surface area contributed by atoms with E-state index < -0.39 is 0 Å². The van der Waals surface area contributed by atoms with E-state index in [0.717, 1.165) is 32.8 Å². The maximum atomic E-state index is 6.26. The summed E-state index contributed by atoms with van der Waals surface area (Å²) in [5.74, 6) is 0. The molecule has 0 aliphatic heterocycles. The Kier molecular flexibility index (Phi) is 4.80. The van der Waals surface area contributed by atoms with E-state index in [0.29, 0.717) is 0 Å². The van der Waals surface area contributed by atoms with Crippen molar-refractivity contribution in [1.82, 2.24) is 9.97 Å². The molecule has 1 heterocycles. The minimum Gasteiger partial charge on any atom is -0.328 e. The van der Waals surface area contributed by atoms with Crippen molar-refractivity contribution in [1.29, 1.82) is 0 Å². The molecule has 0 radical (unpaired) electrons. The highest BCUT2D eigenvalue weighted by molar-refractivity contribution is 7.99. The monoisotopic (exact) mass is 293 g/mol. The fourth-order valence-electron chi connectivity index (χ4n) is 1.68. The van der Waals surface area contributed by atoms with Crippen LogP contribution in [0.5, 0.6) is 0 Å². The molecule has 2 rings (SSSR count). The van der Waals surface area contributed by atoms with E-state index in [1.165, 1.54) is 11.8 Å². The molecule has 0 amide bonds. The van der Waals surface area contributed by atoms with Crippen molar-refractivity contribution < 1.29 is 0 Å². The van der Waals surface area contributed by atoms with Crippen molar-refractivity contribution in [3.05, 3.63) is 46.7 Å². The van der Waals surface area contributed by atoms with Crippen LogP contribution in [0.4, 0.5) is 0 Å². The van der Waals surface area contributed by atoms with Crippen LogP contribution in [0.15, 0.2) is 40.5 Å². The molecule has 0 spiro atoms. The van der Waals surface area contributed by atoms with E-state index in [1.54, 1.807) is 6.20 Å². The van der Waals surface area contributed by atoms with E-state index in [9.17, 15) is 0 Å². The second-order valence-electron chi connectivity index (χ2n) is 4.52. The van der Waals surface area contributed by atoms with Crippen LogP contribution in [0, 0.1) is 6.92 Å². The number of nitrogens with zero attached hydrogens (tertiary/aromatic N) is 2. The van der Waals surface area contributed by atoms with Crippen molar-refractivity contribution in [3.8, 4) is 0 Å². The third kappa shape index (κ3) is 4.20. The maximum absolute atomic E-state index is 6.26. The number of aryl methyl sites for hydroxylation is 1. The predicted molar refractivity (Wildman–Crippen MR) is 79.7 cm³/mol. The quantitative estimate of drug-likeness (QED) is 0.877. The summed E-state index contributed by atoms with van der Waals surface area (Å²) in [6.07, 6.45) is 2.54. The van der Waals surface area contributed by atoms with Gasteiger partial charge in [-0.2, -0.15) is 0 Å². The van der Waals surface area contributed by atoms with Crippen molar-refractivity contribution in [2.45, 2.75) is 36.4 Å². The van der Waals surface area contributed by atoms with Gasteiger partial charge in [0.25, 0.3) is 0 Å². The third-order valence-corrected chi connectivity index (χ3v) is 3.77. The van der Waals surface area contributed by atoms with Gasteiger partial charge in [0.05, 0.1) is 0 Å². The summed E-state index contributed by atoms with van der Waals surface area (Å²) < 4.78 is 0. The van der Waals surface area contributed by atoms with Gasteiger partial charge in [0.2, 0.25) is 0 Å². The fourth-order valence-corrected chi connectivity index (χ4v) is 2.83. The zero-order valence-corrected chi connectivity index (χ0v) is 12.5. The lowest BCUT2D eigenvalue weighted by Gasteiger charge is -2.09. The maximum Gasteiger partial charge on any atom is 0.192 e. The van der Waals surface area contributed by atoms with E-state index in [2.05, 4.69) is 9.97 Å². The van der Waals surface area contributed by atoms with Crippen molar-refractivity contribution in [3.63, 3.8) is 0 Å². The molecule has 5 heteroatoms. The van der Waals surface area contributed by atoms with Gasteiger partial charge in [-0.1, -0.05) is 17.7 Å². The summed E-state index contributed by atoms with van der Waals surface area (Å²) in [7, 11) is 0. The molecule has 19 heavy (non-hydrogen) atoms. The van der Waals surface area contributed by atoms with Crippen LogP contribution >= 0.6 is 23.4 Å². The second kappa shape index (κ2) is 6.37. The lowest BCUT2D eigenvalue weighted by molar-refractivity contribution is 0.738. The molecule has 0 saturated heterocycles. The Labute approximate surface area is 122 Å². The van der Waals surface area contributed by atoms with Crippen molar-refractivity contribution in [2.24, 2.45) is 5.73 Å². The smallest absolute Gasteiger partial charge is 0.192 e. The highest BCUT2D eigenvalue weighted by Crippen LogP contribution is 2.29. The Hall–Kier alpha value is -1.10. The topological polar surface area (TPSA) is 51.8 Å². The lowest BCUT2D eigenvalue weighted by atomic mass is 10.1. The van der Waals surface area contributed by atoms with Crippen LogP contribution in [-0.2, 0) is 6.42 Å². The Morgan fingerprint density at radius 3 is 2.79 bits per heavy atom. The van der Waals surface area contributed by atoms with Crippen molar-refractivity contribution in [2.75, 3.05) is 0 Å². The molecule has 2 aromatic rings. The molecule has 0 fully saturated rings. The van der Waals surface area contributed by atoms with Gasteiger partial charge >= 0.3 is 0 Å². The Bertz CT molecular complexity index is 572. The number of aromatic nitrogens is 2. The molecular weight excluding hydrogens is 278 g/mol. The Balaban J connectivity index is 2.16. The van der Waals surface area contributed by atoms with Gasteiger partial charge in [0.1, 0.15) is 0 Å². The number of halogens is 1. The van der Waals surface area contributed by atoms with Crippen LogP contribution < -0.4 is 5.73 Å². The number of nitrogens with two attached hydrogens (primary N) is 1. The van der Waals surface area contributed by atoms with Crippen LogP contribution in [-0.4, -0.2) is 16.0 Å². The Morgan fingerprint density at radius 2 is 2.16 bits per heavy atom. The first kappa shape index (κ1) is 14.3. The largest absolute Gasteiger partial charge is 0.328 e. The van der Waals surface area contributed by atoms with Gasteiger partial charge in [-0.3, -0.25) is 0 Å². The first-order valence-corrected chi connectivity index (χ1v) is 7.25. The van der Waals surface area contributed by atoms with Gasteiger partial charge in [-0.15, -0.1) is 0 Å². The molecule has 0 aliphatic rings. The normalized spacial score (nSPS) is 12.4. The van der Waals surface area contributed by atoms with E-state index in [1.807, 2.05) is 38.1 Å². The van der Waals surface area contributed by atoms with E-state index in [4.69, 9.17) is 17.3 Å². The molecule has 1 atom stereocenters. The summed E-state index contributed by atoms with van der Waals surface area (Å²) in [5, 5.41) is 1.48. The van der Waals surface area contributed by atoms with Crippen LogP contribution in [0.2, 0.25) is 5.02 Å². The fraction of sp³-hybridized carbons (Fsp3) is 0.286. The van der Waals surface area contributed by atoms with Gasteiger partial charge < -0.3 is 5.73 Å². The average Bonchev–Trinajstić information content (AvgIpc) is 2.32. The third-order valence-electron chi connectivity index (χ3n) is 2.55. The van der Waals surface area contributed by atoms with Gasteiger partial charge in [-0.05, 0) is 55.8 Å². The predicted octanol–water partition coefficient (Wildman–Crippen LogP) is 3.48. The van der Waals surface area contributed by atoms with Crippen molar-refractivity contribution >= 4 is 23.4 Å². The minimum absolute atomic E-state index is 0.108. The minimum atomic E-state index is 0.108. The lowest BCUT2D eigenvalue weighted by Crippen LogP contribution is -2.17. The average molecular weight is 294 g/mol. The first-order chi connectivity index (χ1) is 9.04. The highest BCUT2D eigenvalue weighted by atomic mass is 35.5. The summed E-state index contributed by atoms with van der Waals surface area (Å²) in [5.41, 5.74) is 7.82. The number of benzene rings is 1. The van der Waals surface area contributed by atoms with Crippen LogP contribution in [0.25, 0.3) is 0 Å². The number of rotatable bonds is 4. The van der Waals surface area contributed by atoms with Gasteiger partial charge in [0.15, 0.2) is 5.16 Å². The number of hydrogen-bond acceptors (Lipinski definition) is 4. The second-order valence-corrected chi connectivity index (χ2v) is 5.97. The molecule has 0 bridgehead atoms. The molecular formula is C14H16ClN3S. The Morgan fingerprint density at radius 1 is 1.37 bits per heavy atom. The first-order valence-electron chi connectivity index (χ1n) is 6.06. The van der Waals surface area contributed by atoms with E-state index >= 15 is 0 Å². The summed E-state index contributed by atoms with van der Waals surface area (Å²) in [6.45, 7) is 3.92.